The molecule has 0 unspecified atom stereocenters. The Morgan fingerprint density at radius 3 is 2.40 bits per heavy atom. The lowest BCUT2D eigenvalue weighted by molar-refractivity contribution is -0.137. The standard InChI is InChI=1S/C24H15ClF3N5OS/c25-19-12-5-4-11-18(19)21-30-32-23(33(21)17-10-6-9-16(13-17)24(26,27)28)35-14-20-29-31-22(34-20)15-7-2-1-3-8-15/h1-13H,14H2. The molecular formula is C24H15ClF3N5OS. The fraction of sp³-hybridized carbons (Fsp3) is 0.0833. The number of rotatable bonds is 6. The number of alkyl halides is 3. The summed E-state index contributed by atoms with van der Waals surface area (Å²) in [6.07, 6.45) is -4.50. The highest BCUT2D eigenvalue weighted by Crippen LogP contribution is 2.35. The molecule has 0 saturated heterocycles. The van der Waals surface area contributed by atoms with Crippen molar-refractivity contribution in [3.8, 4) is 28.5 Å². The van der Waals surface area contributed by atoms with E-state index in [2.05, 4.69) is 20.4 Å². The van der Waals surface area contributed by atoms with Crippen LogP contribution in [-0.4, -0.2) is 25.0 Å². The first-order chi connectivity index (χ1) is 16.9. The van der Waals surface area contributed by atoms with Crippen molar-refractivity contribution in [2.75, 3.05) is 0 Å². The van der Waals surface area contributed by atoms with E-state index in [1.807, 2.05) is 30.3 Å². The largest absolute Gasteiger partial charge is 0.420 e. The maximum Gasteiger partial charge on any atom is 0.416 e. The highest BCUT2D eigenvalue weighted by molar-refractivity contribution is 7.98. The summed E-state index contributed by atoms with van der Waals surface area (Å²) in [5.74, 6) is 1.26. The number of nitrogens with zero attached hydrogens (tertiary/aromatic N) is 5. The molecule has 2 aromatic heterocycles. The first-order valence-electron chi connectivity index (χ1n) is 10.3. The molecule has 0 aliphatic rings. The molecule has 0 N–H and O–H groups in total. The van der Waals surface area contributed by atoms with Crippen molar-refractivity contribution < 1.29 is 17.6 Å². The Labute approximate surface area is 206 Å². The average Bonchev–Trinajstić information content (AvgIpc) is 3.50. The third-order valence-corrected chi connectivity index (χ3v) is 6.24. The van der Waals surface area contributed by atoms with Gasteiger partial charge in [0.1, 0.15) is 0 Å². The first kappa shape index (κ1) is 23.1. The van der Waals surface area contributed by atoms with Crippen molar-refractivity contribution >= 4 is 23.4 Å². The molecule has 5 rings (SSSR count). The zero-order valence-electron chi connectivity index (χ0n) is 17.8. The van der Waals surface area contributed by atoms with Gasteiger partial charge in [0.2, 0.25) is 11.8 Å². The van der Waals surface area contributed by atoms with Crippen molar-refractivity contribution in [2.45, 2.75) is 17.1 Å². The maximum atomic E-state index is 13.4. The van der Waals surface area contributed by atoms with Crippen LogP contribution in [0.5, 0.6) is 0 Å². The van der Waals surface area contributed by atoms with E-state index in [-0.39, 0.29) is 11.4 Å². The van der Waals surface area contributed by atoms with Crippen molar-refractivity contribution in [2.24, 2.45) is 0 Å². The monoisotopic (exact) mass is 513 g/mol. The normalized spacial score (nSPS) is 11.7. The molecule has 0 atom stereocenters. The van der Waals surface area contributed by atoms with Gasteiger partial charge in [-0.2, -0.15) is 13.2 Å². The highest BCUT2D eigenvalue weighted by atomic mass is 35.5. The zero-order chi connectivity index (χ0) is 24.4. The quantitative estimate of drug-likeness (QED) is 0.229. The van der Waals surface area contributed by atoms with E-state index in [9.17, 15) is 13.2 Å². The smallest absolute Gasteiger partial charge is 0.416 e. The second-order valence-electron chi connectivity index (χ2n) is 7.33. The molecule has 0 aliphatic carbocycles. The number of hydrogen-bond acceptors (Lipinski definition) is 6. The van der Waals surface area contributed by atoms with E-state index < -0.39 is 11.7 Å². The number of thioether (sulfide) groups is 1. The van der Waals surface area contributed by atoms with Crippen LogP contribution >= 0.6 is 23.4 Å². The molecule has 0 radical (unpaired) electrons. The number of hydrogen-bond donors (Lipinski definition) is 0. The Morgan fingerprint density at radius 1 is 0.857 bits per heavy atom. The van der Waals surface area contributed by atoms with Gasteiger partial charge in [-0.1, -0.05) is 59.8 Å². The minimum absolute atomic E-state index is 0.236. The molecule has 0 amide bonds. The highest BCUT2D eigenvalue weighted by Gasteiger charge is 2.31. The van der Waals surface area contributed by atoms with Gasteiger partial charge in [-0.15, -0.1) is 20.4 Å². The van der Waals surface area contributed by atoms with Crippen molar-refractivity contribution in [3.05, 3.63) is 95.3 Å². The topological polar surface area (TPSA) is 69.6 Å². The molecule has 35 heavy (non-hydrogen) atoms. The van der Waals surface area contributed by atoms with E-state index >= 15 is 0 Å². The van der Waals surface area contributed by atoms with Crippen LogP contribution in [0.2, 0.25) is 5.02 Å². The van der Waals surface area contributed by atoms with Crippen molar-refractivity contribution in [3.63, 3.8) is 0 Å². The van der Waals surface area contributed by atoms with E-state index in [0.717, 1.165) is 17.7 Å². The summed E-state index contributed by atoms with van der Waals surface area (Å²) >= 11 is 7.57. The molecule has 11 heteroatoms. The van der Waals surface area contributed by atoms with Crippen molar-refractivity contribution in [1.82, 2.24) is 25.0 Å². The lowest BCUT2D eigenvalue weighted by Gasteiger charge is -2.13. The molecule has 0 spiro atoms. The molecule has 3 aromatic carbocycles. The third kappa shape index (κ3) is 4.94. The molecule has 6 nitrogen and oxygen atoms in total. The van der Waals surface area contributed by atoms with Crippen LogP contribution in [0, 0.1) is 0 Å². The Kier molecular flexibility index (Phi) is 6.31. The van der Waals surface area contributed by atoms with Gasteiger partial charge in [0, 0.05) is 11.1 Å². The molecule has 176 valence electrons. The molecule has 0 bridgehead atoms. The fourth-order valence-corrected chi connectivity index (χ4v) is 4.38. The lowest BCUT2D eigenvalue weighted by atomic mass is 10.1. The lowest BCUT2D eigenvalue weighted by Crippen LogP contribution is -2.07. The van der Waals surface area contributed by atoms with Gasteiger partial charge in [0.25, 0.3) is 0 Å². The number of benzene rings is 3. The van der Waals surface area contributed by atoms with Gasteiger partial charge in [-0.05, 0) is 42.5 Å². The molecule has 0 fully saturated rings. The predicted octanol–water partition coefficient (Wildman–Crippen LogP) is 6.95. The van der Waals surface area contributed by atoms with Gasteiger partial charge in [-0.3, -0.25) is 4.57 Å². The molecule has 2 heterocycles. The summed E-state index contributed by atoms with van der Waals surface area (Å²) in [6.45, 7) is 0. The van der Waals surface area contributed by atoms with Gasteiger partial charge in [0.15, 0.2) is 11.0 Å². The van der Waals surface area contributed by atoms with Crippen LogP contribution in [0.4, 0.5) is 13.2 Å². The van der Waals surface area contributed by atoms with E-state index in [0.29, 0.717) is 33.3 Å². The summed E-state index contributed by atoms with van der Waals surface area (Å²) in [5.41, 5.74) is 0.784. The Balaban J connectivity index is 1.51. The summed E-state index contributed by atoms with van der Waals surface area (Å²) in [5, 5.41) is 17.3. The third-order valence-electron chi connectivity index (χ3n) is 4.99. The summed E-state index contributed by atoms with van der Waals surface area (Å²) in [7, 11) is 0. The van der Waals surface area contributed by atoms with Gasteiger partial charge in [-0.25, -0.2) is 0 Å². The van der Waals surface area contributed by atoms with E-state index in [1.54, 1.807) is 30.3 Å². The second kappa shape index (κ2) is 9.55. The summed E-state index contributed by atoms with van der Waals surface area (Å²) in [4.78, 5) is 0. The fourth-order valence-electron chi connectivity index (χ4n) is 3.37. The summed E-state index contributed by atoms with van der Waals surface area (Å²) < 4.78 is 47.5. The SMILES string of the molecule is FC(F)(F)c1cccc(-n2c(SCc3nnc(-c4ccccc4)o3)nnc2-c2ccccc2Cl)c1. The number of halogens is 4. The van der Waals surface area contributed by atoms with Gasteiger partial charge in [0.05, 0.1) is 22.0 Å². The molecule has 0 aliphatic heterocycles. The van der Waals surface area contributed by atoms with Crippen LogP contribution in [0.25, 0.3) is 28.5 Å². The second-order valence-corrected chi connectivity index (χ2v) is 8.67. The zero-order valence-corrected chi connectivity index (χ0v) is 19.3. The first-order valence-corrected chi connectivity index (χ1v) is 11.6. The van der Waals surface area contributed by atoms with Crippen LogP contribution in [-0.2, 0) is 11.9 Å². The maximum absolute atomic E-state index is 13.4. The van der Waals surface area contributed by atoms with Crippen LogP contribution in [0.1, 0.15) is 11.5 Å². The van der Waals surface area contributed by atoms with E-state index in [1.165, 1.54) is 22.4 Å². The Bertz CT molecular complexity index is 1470. The minimum atomic E-state index is -4.50. The van der Waals surface area contributed by atoms with E-state index in [4.69, 9.17) is 16.0 Å². The average molecular weight is 514 g/mol. The van der Waals surface area contributed by atoms with Gasteiger partial charge < -0.3 is 4.42 Å². The molecule has 0 saturated carbocycles. The van der Waals surface area contributed by atoms with Crippen LogP contribution in [0.15, 0.2) is 88.4 Å². The minimum Gasteiger partial charge on any atom is -0.420 e. The Hall–Kier alpha value is -3.63. The van der Waals surface area contributed by atoms with Gasteiger partial charge >= 0.3 is 6.18 Å². The van der Waals surface area contributed by atoms with Crippen LogP contribution in [0.3, 0.4) is 0 Å². The number of aromatic nitrogens is 5. The summed E-state index contributed by atoms with van der Waals surface area (Å²) in [6, 6.07) is 21.2. The van der Waals surface area contributed by atoms with Crippen molar-refractivity contribution in [1.29, 1.82) is 0 Å². The molecule has 5 aromatic rings. The Morgan fingerprint density at radius 2 is 1.63 bits per heavy atom. The predicted molar refractivity (Wildman–Crippen MR) is 126 cm³/mol. The molecular weight excluding hydrogens is 499 g/mol. The van der Waals surface area contributed by atoms with Crippen LogP contribution < -0.4 is 0 Å².